The summed E-state index contributed by atoms with van der Waals surface area (Å²) in [6.45, 7) is 4.14. The van der Waals surface area contributed by atoms with E-state index in [1.165, 1.54) is 30.1 Å². The number of amides is 1. The largest absolute Gasteiger partial charge is 0.493 e. The maximum atomic E-state index is 12.6. The van der Waals surface area contributed by atoms with E-state index in [2.05, 4.69) is 4.98 Å². The quantitative estimate of drug-likeness (QED) is 0.452. The molecule has 1 aliphatic rings. The number of rotatable bonds is 8. The zero-order chi connectivity index (χ0) is 23.9. The molecule has 4 rings (SSSR count). The van der Waals surface area contributed by atoms with Gasteiger partial charge in [-0.05, 0) is 25.1 Å². The minimum absolute atomic E-state index is 0.0653. The van der Waals surface area contributed by atoms with E-state index < -0.39 is 5.97 Å². The number of ether oxygens (including phenoxy) is 4. The SMILES string of the molecule is COc1cc(C(=O)OCc2csc(-c3ccc(C)cc3)n2)ccc1OCC(=O)N1CCOCC1. The second kappa shape index (κ2) is 11.1. The van der Waals surface area contributed by atoms with Crippen LogP contribution in [0.5, 0.6) is 11.5 Å². The van der Waals surface area contributed by atoms with Gasteiger partial charge in [0.15, 0.2) is 18.1 Å². The molecule has 0 saturated carbocycles. The molecule has 1 saturated heterocycles. The Morgan fingerprint density at radius 2 is 1.85 bits per heavy atom. The number of aryl methyl sites for hydroxylation is 1. The Morgan fingerprint density at radius 3 is 2.59 bits per heavy atom. The van der Waals surface area contributed by atoms with Gasteiger partial charge < -0.3 is 23.8 Å². The van der Waals surface area contributed by atoms with Crippen LogP contribution in [-0.4, -0.2) is 61.8 Å². The molecule has 0 N–H and O–H groups in total. The number of esters is 1. The topological polar surface area (TPSA) is 87.2 Å². The first kappa shape index (κ1) is 23.7. The number of benzene rings is 2. The Bertz CT molecular complexity index is 1140. The summed E-state index contributed by atoms with van der Waals surface area (Å²) in [6, 6.07) is 12.8. The number of carbonyl (C=O) groups is 2. The van der Waals surface area contributed by atoms with Crippen LogP contribution in [0.4, 0.5) is 0 Å². The van der Waals surface area contributed by atoms with Gasteiger partial charge in [-0.3, -0.25) is 4.79 Å². The second-order valence-electron chi connectivity index (χ2n) is 7.73. The lowest BCUT2D eigenvalue weighted by atomic mass is 10.2. The molecule has 1 fully saturated rings. The molecule has 34 heavy (non-hydrogen) atoms. The normalized spacial score (nSPS) is 13.4. The second-order valence-corrected chi connectivity index (χ2v) is 8.59. The number of aromatic nitrogens is 1. The average Bonchev–Trinajstić information content (AvgIpc) is 3.35. The molecule has 0 atom stereocenters. The van der Waals surface area contributed by atoms with E-state index in [1.807, 2.05) is 36.6 Å². The number of nitrogens with zero attached hydrogens (tertiary/aromatic N) is 2. The third-order valence-electron chi connectivity index (χ3n) is 5.32. The van der Waals surface area contributed by atoms with Gasteiger partial charge in [0.1, 0.15) is 11.6 Å². The molecule has 2 aromatic carbocycles. The summed E-state index contributed by atoms with van der Waals surface area (Å²) in [6.07, 6.45) is 0. The first-order chi connectivity index (χ1) is 16.5. The molecule has 0 radical (unpaired) electrons. The smallest absolute Gasteiger partial charge is 0.338 e. The molecule has 1 amide bonds. The van der Waals surface area contributed by atoms with Crippen LogP contribution in [-0.2, 0) is 20.9 Å². The van der Waals surface area contributed by atoms with E-state index in [9.17, 15) is 9.59 Å². The van der Waals surface area contributed by atoms with Crippen LogP contribution in [0.1, 0.15) is 21.6 Å². The minimum atomic E-state index is -0.501. The zero-order valence-electron chi connectivity index (χ0n) is 19.1. The van der Waals surface area contributed by atoms with Crippen LogP contribution < -0.4 is 9.47 Å². The Hall–Kier alpha value is -3.43. The third kappa shape index (κ3) is 5.92. The van der Waals surface area contributed by atoms with Gasteiger partial charge >= 0.3 is 5.97 Å². The Kier molecular flexibility index (Phi) is 7.76. The van der Waals surface area contributed by atoms with Gasteiger partial charge in [-0.15, -0.1) is 11.3 Å². The number of hydrogen-bond acceptors (Lipinski definition) is 8. The number of methoxy groups -OCH3 is 1. The van der Waals surface area contributed by atoms with Gasteiger partial charge in [0, 0.05) is 24.0 Å². The Labute approximate surface area is 202 Å². The number of thiazole rings is 1. The molecule has 8 nitrogen and oxygen atoms in total. The van der Waals surface area contributed by atoms with Crippen molar-refractivity contribution in [2.45, 2.75) is 13.5 Å². The zero-order valence-corrected chi connectivity index (χ0v) is 19.9. The summed E-state index contributed by atoms with van der Waals surface area (Å²) in [5.41, 5.74) is 3.21. The maximum Gasteiger partial charge on any atom is 0.338 e. The molecule has 0 bridgehead atoms. The molecule has 0 unspecified atom stereocenters. The molecule has 0 spiro atoms. The summed E-state index contributed by atoms with van der Waals surface area (Å²) in [5.74, 6) is 0.101. The van der Waals surface area contributed by atoms with Crippen LogP contribution in [0.3, 0.4) is 0 Å². The highest BCUT2D eigenvalue weighted by Gasteiger charge is 2.19. The third-order valence-corrected chi connectivity index (χ3v) is 6.26. The van der Waals surface area contributed by atoms with Gasteiger partial charge in [-0.1, -0.05) is 29.8 Å². The summed E-state index contributed by atoms with van der Waals surface area (Å²) >= 11 is 1.51. The maximum absolute atomic E-state index is 12.6. The summed E-state index contributed by atoms with van der Waals surface area (Å²) in [7, 11) is 1.48. The van der Waals surface area contributed by atoms with Crippen molar-refractivity contribution in [2.75, 3.05) is 40.0 Å². The molecule has 0 aliphatic carbocycles. The van der Waals surface area contributed by atoms with Crippen LogP contribution >= 0.6 is 11.3 Å². The van der Waals surface area contributed by atoms with Crippen molar-refractivity contribution >= 4 is 23.2 Å². The van der Waals surface area contributed by atoms with Gasteiger partial charge in [0.25, 0.3) is 5.91 Å². The van der Waals surface area contributed by atoms with Gasteiger partial charge in [0.05, 0.1) is 31.6 Å². The molecule has 1 aromatic heterocycles. The highest BCUT2D eigenvalue weighted by Crippen LogP contribution is 2.29. The van der Waals surface area contributed by atoms with E-state index in [4.69, 9.17) is 18.9 Å². The predicted octanol–water partition coefficient (Wildman–Crippen LogP) is 3.72. The van der Waals surface area contributed by atoms with Gasteiger partial charge in [0.2, 0.25) is 0 Å². The van der Waals surface area contributed by atoms with Crippen molar-refractivity contribution in [3.8, 4) is 22.1 Å². The highest BCUT2D eigenvalue weighted by molar-refractivity contribution is 7.13. The van der Waals surface area contributed by atoms with Gasteiger partial charge in [-0.25, -0.2) is 9.78 Å². The van der Waals surface area contributed by atoms with Crippen LogP contribution in [0.2, 0.25) is 0 Å². The minimum Gasteiger partial charge on any atom is -0.493 e. The van der Waals surface area contributed by atoms with Crippen molar-refractivity contribution in [2.24, 2.45) is 0 Å². The molecule has 2 heterocycles. The van der Waals surface area contributed by atoms with E-state index in [-0.39, 0.29) is 19.1 Å². The van der Waals surface area contributed by atoms with Crippen molar-refractivity contribution < 1.29 is 28.5 Å². The van der Waals surface area contributed by atoms with Gasteiger partial charge in [-0.2, -0.15) is 0 Å². The number of hydrogen-bond donors (Lipinski definition) is 0. The molecular weight excluding hydrogens is 456 g/mol. The number of carbonyl (C=O) groups excluding carboxylic acids is 2. The molecule has 1 aliphatic heterocycles. The lowest BCUT2D eigenvalue weighted by Gasteiger charge is -2.26. The molecular formula is C25H26N2O6S. The van der Waals surface area contributed by atoms with Crippen LogP contribution in [0.15, 0.2) is 47.8 Å². The van der Waals surface area contributed by atoms with E-state index in [1.54, 1.807) is 17.0 Å². The fourth-order valence-electron chi connectivity index (χ4n) is 3.38. The Balaban J connectivity index is 1.33. The molecule has 3 aromatic rings. The average molecular weight is 483 g/mol. The van der Waals surface area contributed by atoms with E-state index in [0.717, 1.165) is 10.6 Å². The molecule has 9 heteroatoms. The first-order valence-corrected chi connectivity index (χ1v) is 11.8. The lowest BCUT2D eigenvalue weighted by molar-refractivity contribution is -0.137. The van der Waals surface area contributed by atoms with Crippen molar-refractivity contribution in [1.82, 2.24) is 9.88 Å². The monoisotopic (exact) mass is 482 g/mol. The predicted molar refractivity (Wildman–Crippen MR) is 127 cm³/mol. The summed E-state index contributed by atoms with van der Waals surface area (Å²) in [4.78, 5) is 31.1. The van der Waals surface area contributed by atoms with Crippen molar-refractivity contribution in [3.05, 3.63) is 64.7 Å². The fraction of sp³-hybridized carbons (Fsp3) is 0.320. The van der Waals surface area contributed by atoms with Crippen LogP contribution in [0, 0.1) is 6.92 Å². The molecule has 178 valence electrons. The highest BCUT2D eigenvalue weighted by atomic mass is 32.1. The lowest BCUT2D eigenvalue weighted by Crippen LogP contribution is -2.43. The summed E-state index contributed by atoms with van der Waals surface area (Å²) < 4.78 is 21.7. The fourth-order valence-corrected chi connectivity index (χ4v) is 4.19. The summed E-state index contributed by atoms with van der Waals surface area (Å²) in [5, 5.41) is 2.76. The standard InChI is InChI=1S/C25H26N2O6S/c1-17-3-5-18(6-4-17)24-26-20(16-34-24)14-33-25(29)19-7-8-21(22(13-19)30-2)32-15-23(28)27-9-11-31-12-10-27/h3-8,13,16H,9-12,14-15H2,1-2H3. The van der Waals surface area contributed by atoms with E-state index in [0.29, 0.717) is 49.1 Å². The van der Waals surface area contributed by atoms with E-state index >= 15 is 0 Å². The van der Waals surface area contributed by atoms with Crippen molar-refractivity contribution in [1.29, 1.82) is 0 Å². The Morgan fingerprint density at radius 1 is 1.09 bits per heavy atom. The van der Waals surface area contributed by atoms with Crippen LogP contribution in [0.25, 0.3) is 10.6 Å². The van der Waals surface area contributed by atoms with Crippen molar-refractivity contribution in [3.63, 3.8) is 0 Å². The number of morpholine rings is 1. The first-order valence-electron chi connectivity index (χ1n) is 10.9.